The van der Waals surface area contributed by atoms with Crippen molar-refractivity contribution in [3.8, 4) is 17.1 Å². The van der Waals surface area contributed by atoms with E-state index in [1.54, 1.807) is 12.1 Å². The van der Waals surface area contributed by atoms with Gasteiger partial charge in [-0.25, -0.2) is 0 Å². The summed E-state index contributed by atoms with van der Waals surface area (Å²) in [4.78, 5) is 13.9. The maximum absolute atomic E-state index is 12.5. The van der Waals surface area contributed by atoms with Crippen molar-refractivity contribution in [2.45, 2.75) is 0 Å². The van der Waals surface area contributed by atoms with Gasteiger partial charge in [-0.1, -0.05) is 48.5 Å². The van der Waals surface area contributed by atoms with Crippen molar-refractivity contribution in [1.29, 1.82) is 0 Å². The number of rotatable bonds is 4. The Kier molecular flexibility index (Phi) is 4.22. The second-order valence-corrected chi connectivity index (χ2v) is 5.60. The van der Waals surface area contributed by atoms with Crippen LogP contribution in [0.25, 0.3) is 17.1 Å². The molecule has 0 aliphatic carbocycles. The van der Waals surface area contributed by atoms with Gasteiger partial charge in [-0.05, 0) is 41.6 Å². The van der Waals surface area contributed by atoms with Gasteiger partial charge in [0.1, 0.15) is 0 Å². The lowest BCUT2D eigenvalue weighted by molar-refractivity contribution is 0.102. The topological polar surface area (TPSA) is 72.7 Å². The zero-order valence-electron chi connectivity index (χ0n) is 13.8. The van der Waals surface area contributed by atoms with Crippen LogP contribution in [0.3, 0.4) is 0 Å². The molecule has 0 radical (unpaired) electrons. The van der Waals surface area contributed by atoms with Gasteiger partial charge >= 0.3 is 0 Å². The highest BCUT2D eigenvalue weighted by Crippen LogP contribution is 2.25. The molecule has 1 aromatic heterocycles. The summed E-state index contributed by atoms with van der Waals surface area (Å²) in [5, 5.41) is 15.6. The van der Waals surface area contributed by atoms with Crippen LogP contribution in [-0.4, -0.2) is 26.1 Å². The molecular formula is C20H15N5O. The molecule has 0 bridgehead atoms. The van der Waals surface area contributed by atoms with Crippen molar-refractivity contribution in [2.24, 2.45) is 0 Å². The molecule has 0 fully saturated rings. The van der Waals surface area contributed by atoms with Gasteiger partial charge in [0.25, 0.3) is 5.91 Å². The summed E-state index contributed by atoms with van der Waals surface area (Å²) in [6.45, 7) is 0. The first-order valence-electron chi connectivity index (χ1n) is 8.12. The van der Waals surface area contributed by atoms with Crippen LogP contribution >= 0.6 is 0 Å². The van der Waals surface area contributed by atoms with E-state index < -0.39 is 0 Å². The van der Waals surface area contributed by atoms with Crippen molar-refractivity contribution < 1.29 is 4.79 Å². The Labute approximate surface area is 150 Å². The maximum Gasteiger partial charge on any atom is 0.255 e. The summed E-state index contributed by atoms with van der Waals surface area (Å²) >= 11 is 0. The minimum absolute atomic E-state index is 0.187. The van der Waals surface area contributed by atoms with Crippen LogP contribution in [0.1, 0.15) is 10.4 Å². The maximum atomic E-state index is 12.5. The SMILES string of the molecule is O=C(Nc1ccccc1-c1nnn(-c2ccccc2)n1)c1ccccc1. The summed E-state index contributed by atoms with van der Waals surface area (Å²) in [6.07, 6.45) is 0. The van der Waals surface area contributed by atoms with Crippen LogP contribution < -0.4 is 5.32 Å². The van der Waals surface area contributed by atoms with Gasteiger partial charge in [-0.3, -0.25) is 4.79 Å². The number of tetrazole rings is 1. The number of nitrogens with one attached hydrogen (secondary N) is 1. The predicted octanol–water partition coefficient (Wildman–Crippen LogP) is 3.58. The quantitative estimate of drug-likeness (QED) is 0.616. The number of carbonyl (C=O) groups excluding carboxylic acids is 1. The van der Waals surface area contributed by atoms with Gasteiger partial charge in [0.05, 0.1) is 11.4 Å². The Bertz CT molecular complexity index is 1030. The third kappa shape index (κ3) is 3.21. The molecular weight excluding hydrogens is 326 g/mol. The summed E-state index contributed by atoms with van der Waals surface area (Å²) in [5.41, 5.74) is 2.74. The molecule has 4 aromatic rings. The van der Waals surface area contributed by atoms with Gasteiger partial charge in [0.2, 0.25) is 5.82 Å². The fraction of sp³-hybridized carbons (Fsp3) is 0. The molecule has 6 nitrogen and oxygen atoms in total. The van der Waals surface area contributed by atoms with Crippen molar-refractivity contribution in [3.05, 3.63) is 90.5 Å². The average molecular weight is 341 g/mol. The van der Waals surface area contributed by atoms with E-state index in [9.17, 15) is 4.79 Å². The van der Waals surface area contributed by atoms with Gasteiger partial charge in [-0.15, -0.1) is 15.0 Å². The fourth-order valence-corrected chi connectivity index (χ4v) is 2.56. The number of hydrogen-bond donors (Lipinski definition) is 1. The first kappa shape index (κ1) is 15.7. The number of benzene rings is 3. The van der Waals surface area contributed by atoms with E-state index in [0.717, 1.165) is 5.69 Å². The van der Waals surface area contributed by atoms with Crippen LogP contribution in [0.5, 0.6) is 0 Å². The number of para-hydroxylation sites is 2. The van der Waals surface area contributed by atoms with E-state index in [-0.39, 0.29) is 5.91 Å². The van der Waals surface area contributed by atoms with Crippen LogP contribution in [0.2, 0.25) is 0 Å². The van der Waals surface area contributed by atoms with E-state index >= 15 is 0 Å². The summed E-state index contributed by atoms with van der Waals surface area (Å²) < 4.78 is 0. The number of anilines is 1. The van der Waals surface area contributed by atoms with Gasteiger partial charge < -0.3 is 5.32 Å². The zero-order valence-corrected chi connectivity index (χ0v) is 13.8. The third-order valence-electron chi connectivity index (χ3n) is 3.85. The second kappa shape index (κ2) is 6.98. The molecule has 0 saturated heterocycles. The molecule has 3 aromatic carbocycles. The Hall–Kier alpha value is -3.80. The third-order valence-corrected chi connectivity index (χ3v) is 3.85. The number of hydrogen-bond acceptors (Lipinski definition) is 4. The number of amides is 1. The normalized spacial score (nSPS) is 10.5. The molecule has 1 N–H and O–H groups in total. The molecule has 0 atom stereocenters. The zero-order chi connectivity index (χ0) is 17.8. The molecule has 1 amide bonds. The smallest absolute Gasteiger partial charge is 0.255 e. The highest BCUT2D eigenvalue weighted by molar-refractivity contribution is 6.05. The Balaban J connectivity index is 1.64. The van der Waals surface area contributed by atoms with Crippen molar-refractivity contribution in [2.75, 3.05) is 5.32 Å². The Morgan fingerprint density at radius 2 is 1.46 bits per heavy atom. The molecule has 0 saturated carbocycles. The van der Waals surface area contributed by atoms with E-state index in [1.165, 1.54) is 4.80 Å². The summed E-state index contributed by atoms with van der Waals surface area (Å²) in [5.74, 6) is 0.256. The van der Waals surface area contributed by atoms with Crippen LogP contribution in [0.4, 0.5) is 5.69 Å². The lowest BCUT2D eigenvalue weighted by atomic mass is 10.1. The highest BCUT2D eigenvalue weighted by atomic mass is 16.1. The second-order valence-electron chi connectivity index (χ2n) is 5.60. The van der Waals surface area contributed by atoms with Crippen LogP contribution in [0, 0.1) is 0 Å². The van der Waals surface area contributed by atoms with Gasteiger partial charge in [0.15, 0.2) is 0 Å². The Morgan fingerprint density at radius 3 is 2.23 bits per heavy atom. The molecule has 6 heteroatoms. The molecule has 0 aliphatic rings. The highest BCUT2D eigenvalue weighted by Gasteiger charge is 2.14. The number of carbonyl (C=O) groups is 1. The largest absolute Gasteiger partial charge is 0.321 e. The molecule has 26 heavy (non-hydrogen) atoms. The Morgan fingerprint density at radius 1 is 0.808 bits per heavy atom. The average Bonchev–Trinajstić information content (AvgIpc) is 3.20. The number of nitrogens with zero attached hydrogens (tertiary/aromatic N) is 4. The lowest BCUT2D eigenvalue weighted by Gasteiger charge is -2.08. The van der Waals surface area contributed by atoms with E-state index in [0.29, 0.717) is 22.6 Å². The van der Waals surface area contributed by atoms with Crippen LogP contribution in [-0.2, 0) is 0 Å². The molecule has 0 spiro atoms. The summed E-state index contributed by atoms with van der Waals surface area (Å²) in [6, 6.07) is 26.0. The summed E-state index contributed by atoms with van der Waals surface area (Å²) in [7, 11) is 0. The molecule has 4 rings (SSSR count). The first-order chi connectivity index (χ1) is 12.8. The van der Waals surface area contributed by atoms with Gasteiger partial charge in [0, 0.05) is 11.1 Å². The molecule has 1 heterocycles. The van der Waals surface area contributed by atoms with Crippen molar-refractivity contribution >= 4 is 11.6 Å². The van der Waals surface area contributed by atoms with E-state index in [2.05, 4.69) is 20.7 Å². The first-order valence-corrected chi connectivity index (χ1v) is 8.12. The van der Waals surface area contributed by atoms with E-state index in [1.807, 2.05) is 72.8 Å². The fourth-order valence-electron chi connectivity index (χ4n) is 2.56. The lowest BCUT2D eigenvalue weighted by Crippen LogP contribution is -2.12. The van der Waals surface area contributed by atoms with Crippen molar-refractivity contribution in [1.82, 2.24) is 20.2 Å². The minimum atomic E-state index is -0.187. The molecule has 126 valence electrons. The van der Waals surface area contributed by atoms with Crippen molar-refractivity contribution in [3.63, 3.8) is 0 Å². The van der Waals surface area contributed by atoms with E-state index in [4.69, 9.17) is 0 Å². The minimum Gasteiger partial charge on any atom is -0.321 e. The predicted molar refractivity (Wildman–Crippen MR) is 99.0 cm³/mol. The van der Waals surface area contributed by atoms with Gasteiger partial charge in [-0.2, -0.15) is 0 Å². The van der Waals surface area contributed by atoms with Crippen LogP contribution in [0.15, 0.2) is 84.9 Å². The molecule has 0 unspecified atom stereocenters. The number of aromatic nitrogens is 4. The standard InChI is InChI=1S/C20H15N5O/c26-20(15-9-3-1-4-10-15)21-18-14-8-7-13-17(18)19-22-24-25(23-19)16-11-5-2-6-12-16/h1-14H,(H,21,26). The molecule has 0 aliphatic heterocycles. The monoisotopic (exact) mass is 341 g/mol.